The standard InChI is InChI=1S/C14H10F2N2O3/c1-8-2-4-10(15)7-12(8)17-14(19)9-3-5-11(16)13(6-9)18(20)21/h2-7H,1H3,(H,17,19). The Hall–Kier alpha value is -2.83. The Kier molecular flexibility index (Phi) is 3.93. The summed E-state index contributed by atoms with van der Waals surface area (Å²) in [5.74, 6) is -2.24. The number of hydrogen-bond donors (Lipinski definition) is 1. The number of aryl methyl sites for hydroxylation is 1. The van der Waals surface area contributed by atoms with Gasteiger partial charge in [0, 0.05) is 17.3 Å². The molecular weight excluding hydrogens is 282 g/mol. The third-order valence-electron chi connectivity index (χ3n) is 2.85. The summed E-state index contributed by atoms with van der Waals surface area (Å²) in [7, 11) is 0. The molecule has 2 rings (SSSR count). The maximum atomic E-state index is 13.2. The van der Waals surface area contributed by atoms with Crippen molar-refractivity contribution in [3.63, 3.8) is 0 Å². The molecule has 0 fully saturated rings. The molecule has 0 aliphatic rings. The zero-order valence-corrected chi connectivity index (χ0v) is 10.9. The summed E-state index contributed by atoms with van der Waals surface area (Å²) < 4.78 is 26.3. The van der Waals surface area contributed by atoms with E-state index >= 15 is 0 Å². The SMILES string of the molecule is Cc1ccc(F)cc1NC(=O)c1ccc(F)c([N+](=O)[O-])c1. The van der Waals surface area contributed by atoms with E-state index in [2.05, 4.69) is 5.32 Å². The summed E-state index contributed by atoms with van der Waals surface area (Å²) in [5, 5.41) is 13.1. The van der Waals surface area contributed by atoms with Crippen LogP contribution in [0.4, 0.5) is 20.2 Å². The molecular formula is C14H10F2N2O3. The second-order valence-electron chi connectivity index (χ2n) is 4.34. The predicted molar refractivity (Wildman–Crippen MR) is 72.1 cm³/mol. The zero-order chi connectivity index (χ0) is 15.6. The van der Waals surface area contributed by atoms with E-state index in [0.29, 0.717) is 5.56 Å². The van der Waals surface area contributed by atoms with Crippen LogP contribution in [0.15, 0.2) is 36.4 Å². The molecule has 0 bridgehead atoms. The molecule has 2 aromatic rings. The molecule has 0 saturated heterocycles. The molecule has 0 heterocycles. The Morgan fingerprint density at radius 3 is 2.57 bits per heavy atom. The molecule has 2 aromatic carbocycles. The summed E-state index contributed by atoms with van der Waals surface area (Å²) in [4.78, 5) is 21.7. The van der Waals surface area contributed by atoms with Gasteiger partial charge < -0.3 is 5.32 Å². The monoisotopic (exact) mass is 292 g/mol. The number of nitro benzene ring substituents is 1. The average molecular weight is 292 g/mol. The van der Waals surface area contributed by atoms with Crippen LogP contribution in [-0.4, -0.2) is 10.8 Å². The van der Waals surface area contributed by atoms with Gasteiger partial charge in [0.05, 0.1) is 4.92 Å². The van der Waals surface area contributed by atoms with Gasteiger partial charge in [0.15, 0.2) is 0 Å². The molecule has 21 heavy (non-hydrogen) atoms. The Balaban J connectivity index is 2.30. The Bertz CT molecular complexity index is 732. The molecule has 0 atom stereocenters. The molecule has 108 valence electrons. The molecule has 1 N–H and O–H groups in total. The van der Waals surface area contributed by atoms with Gasteiger partial charge in [-0.25, -0.2) is 4.39 Å². The highest BCUT2D eigenvalue weighted by molar-refractivity contribution is 6.05. The van der Waals surface area contributed by atoms with E-state index in [0.717, 1.165) is 24.3 Å². The number of nitrogens with zero attached hydrogens (tertiary/aromatic N) is 1. The summed E-state index contributed by atoms with van der Waals surface area (Å²) >= 11 is 0. The maximum Gasteiger partial charge on any atom is 0.305 e. The number of carbonyl (C=O) groups excluding carboxylic acids is 1. The van der Waals surface area contributed by atoms with Gasteiger partial charge in [-0.05, 0) is 36.8 Å². The predicted octanol–water partition coefficient (Wildman–Crippen LogP) is 3.43. The van der Waals surface area contributed by atoms with Crippen molar-refractivity contribution in [1.82, 2.24) is 0 Å². The number of amides is 1. The minimum atomic E-state index is -1.03. The minimum Gasteiger partial charge on any atom is -0.322 e. The van der Waals surface area contributed by atoms with E-state index < -0.39 is 28.2 Å². The topological polar surface area (TPSA) is 72.2 Å². The van der Waals surface area contributed by atoms with Crippen molar-refractivity contribution in [2.75, 3.05) is 5.32 Å². The van der Waals surface area contributed by atoms with Crippen LogP contribution in [0.5, 0.6) is 0 Å². The molecule has 1 amide bonds. The Morgan fingerprint density at radius 2 is 1.90 bits per heavy atom. The van der Waals surface area contributed by atoms with Crippen LogP contribution in [0.2, 0.25) is 0 Å². The number of halogens is 2. The largest absolute Gasteiger partial charge is 0.322 e. The number of nitrogens with one attached hydrogen (secondary N) is 1. The van der Waals surface area contributed by atoms with E-state index in [-0.39, 0.29) is 11.3 Å². The lowest BCUT2D eigenvalue weighted by Crippen LogP contribution is -2.13. The van der Waals surface area contributed by atoms with Gasteiger partial charge in [-0.1, -0.05) is 6.07 Å². The van der Waals surface area contributed by atoms with Crippen molar-refractivity contribution in [2.45, 2.75) is 6.92 Å². The first-order chi connectivity index (χ1) is 9.88. The van der Waals surface area contributed by atoms with E-state index in [1.54, 1.807) is 6.92 Å². The van der Waals surface area contributed by atoms with E-state index in [4.69, 9.17) is 0 Å². The number of rotatable bonds is 3. The zero-order valence-electron chi connectivity index (χ0n) is 10.9. The number of carbonyl (C=O) groups is 1. The van der Waals surface area contributed by atoms with Crippen molar-refractivity contribution in [3.05, 3.63) is 69.3 Å². The third kappa shape index (κ3) is 3.19. The van der Waals surface area contributed by atoms with Crippen LogP contribution >= 0.6 is 0 Å². The normalized spacial score (nSPS) is 10.2. The molecule has 7 heteroatoms. The van der Waals surface area contributed by atoms with Crippen LogP contribution < -0.4 is 5.32 Å². The first-order valence-corrected chi connectivity index (χ1v) is 5.90. The number of benzene rings is 2. The van der Waals surface area contributed by atoms with E-state index in [9.17, 15) is 23.7 Å². The highest BCUT2D eigenvalue weighted by atomic mass is 19.1. The minimum absolute atomic E-state index is 0.0910. The maximum absolute atomic E-state index is 13.2. The fourth-order valence-electron chi connectivity index (χ4n) is 1.72. The Morgan fingerprint density at radius 1 is 1.19 bits per heavy atom. The van der Waals surface area contributed by atoms with Gasteiger partial charge in [-0.15, -0.1) is 0 Å². The first kappa shape index (κ1) is 14.6. The van der Waals surface area contributed by atoms with Gasteiger partial charge in [0.1, 0.15) is 5.82 Å². The van der Waals surface area contributed by atoms with Gasteiger partial charge in [0.2, 0.25) is 5.82 Å². The van der Waals surface area contributed by atoms with Gasteiger partial charge >= 0.3 is 5.69 Å². The second-order valence-corrected chi connectivity index (χ2v) is 4.34. The molecule has 0 spiro atoms. The molecule has 0 aliphatic carbocycles. The summed E-state index contributed by atoms with van der Waals surface area (Å²) in [6.07, 6.45) is 0. The van der Waals surface area contributed by atoms with E-state index in [1.807, 2.05) is 0 Å². The van der Waals surface area contributed by atoms with Crippen molar-refractivity contribution in [1.29, 1.82) is 0 Å². The van der Waals surface area contributed by atoms with Crippen LogP contribution in [0.25, 0.3) is 0 Å². The van der Waals surface area contributed by atoms with E-state index in [1.165, 1.54) is 12.1 Å². The second kappa shape index (κ2) is 5.66. The fraction of sp³-hybridized carbons (Fsp3) is 0.0714. The van der Waals surface area contributed by atoms with Crippen LogP contribution in [0.1, 0.15) is 15.9 Å². The fourth-order valence-corrected chi connectivity index (χ4v) is 1.72. The summed E-state index contributed by atoms with van der Waals surface area (Å²) in [6.45, 7) is 1.67. The molecule has 5 nitrogen and oxygen atoms in total. The summed E-state index contributed by atoms with van der Waals surface area (Å²) in [6, 6.07) is 6.65. The van der Waals surface area contributed by atoms with Gasteiger partial charge in [-0.3, -0.25) is 14.9 Å². The number of hydrogen-bond acceptors (Lipinski definition) is 3. The molecule has 0 aromatic heterocycles. The lowest BCUT2D eigenvalue weighted by molar-refractivity contribution is -0.387. The van der Waals surface area contributed by atoms with Crippen LogP contribution in [-0.2, 0) is 0 Å². The average Bonchev–Trinajstić information content (AvgIpc) is 2.43. The van der Waals surface area contributed by atoms with Gasteiger partial charge in [-0.2, -0.15) is 4.39 Å². The molecule has 0 aliphatic heterocycles. The highest BCUT2D eigenvalue weighted by Crippen LogP contribution is 2.21. The number of anilines is 1. The Labute approximate surface area is 118 Å². The molecule has 0 saturated carbocycles. The van der Waals surface area contributed by atoms with Crippen molar-refractivity contribution in [3.8, 4) is 0 Å². The molecule has 0 unspecified atom stereocenters. The van der Waals surface area contributed by atoms with Gasteiger partial charge in [0.25, 0.3) is 5.91 Å². The van der Waals surface area contributed by atoms with Crippen molar-refractivity contribution in [2.24, 2.45) is 0 Å². The lowest BCUT2D eigenvalue weighted by Gasteiger charge is -2.08. The van der Waals surface area contributed by atoms with Crippen molar-refractivity contribution < 1.29 is 18.5 Å². The summed E-state index contributed by atoms with van der Waals surface area (Å²) in [5.41, 5.74) is -0.0151. The smallest absolute Gasteiger partial charge is 0.305 e. The highest BCUT2D eigenvalue weighted by Gasteiger charge is 2.18. The number of nitro groups is 1. The van der Waals surface area contributed by atoms with Crippen LogP contribution in [0.3, 0.4) is 0 Å². The first-order valence-electron chi connectivity index (χ1n) is 5.90. The molecule has 0 radical (unpaired) electrons. The third-order valence-corrected chi connectivity index (χ3v) is 2.85. The lowest BCUT2D eigenvalue weighted by atomic mass is 10.1. The van der Waals surface area contributed by atoms with Crippen LogP contribution in [0, 0.1) is 28.7 Å². The quantitative estimate of drug-likeness (QED) is 0.695. The van der Waals surface area contributed by atoms with Crippen molar-refractivity contribution >= 4 is 17.3 Å².